The Balaban J connectivity index is 2.69. The van der Waals surface area contributed by atoms with Crippen LogP contribution in [-0.2, 0) is 19.4 Å². The minimum Gasteiger partial charge on any atom is -0.344 e. The Morgan fingerprint density at radius 1 is 1.50 bits per heavy atom. The first-order valence-electron chi connectivity index (χ1n) is 5.81. The normalized spacial score (nSPS) is 21.3. The largest absolute Gasteiger partial charge is 0.344 e. The summed E-state index contributed by atoms with van der Waals surface area (Å²) in [6.07, 6.45) is 1.87. The van der Waals surface area contributed by atoms with E-state index in [-0.39, 0.29) is 24.1 Å². The molecule has 1 saturated heterocycles. The molecule has 0 spiro atoms. The maximum atomic E-state index is 11.9. The lowest BCUT2D eigenvalue weighted by Gasteiger charge is -2.25. The van der Waals surface area contributed by atoms with E-state index in [1.807, 2.05) is 0 Å². The zero-order chi connectivity index (χ0) is 13.8. The van der Waals surface area contributed by atoms with Crippen LogP contribution in [0.4, 0.5) is 0 Å². The van der Waals surface area contributed by atoms with Crippen molar-refractivity contribution in [3.63, 3.8) is 0 Å². The molecule has 0 aromatic heterocycles. The molecule has 0 aliphatic carbocycles. The summed E-state index contributed by atoms with van der Waals surface area (Å²) in [4.78, 5) is 24.7. The molecule has 1 N–H and O–H groups in total. The van der Waals surface area contributed by atoms with Gasteiger partial charge in [-0.3, -0.25) is 9.59 Å². The van der Waals surface area contributed by atoms with E-state index in [4.69, 9.17) is 0 Å². The second kappa shape index (κ2) is 5.99. The van der Waals surface area contributed by atoms with Gasteiger partial charge in [-0.25, -0.2) is 8.42 Å². The van der Waals surface area contributed by atoms with E-state index in [2.05, 4.69) is 11.9 Å². The van der Waals surface area contributed by atoms with Crippen molar-refractivity contribution in [3.05, 3.63) is 12.7 Å². The van der Waals surface area contributed by atoms with Crippen LogP contribution < -0.4 is 5.32 Å². The quantitative estimate of drug-likeness (QED) is 0.544. The van der Waals surface area contributed by atoms with E-state index < -0.39 is 21.7 Å². The third kappa shape index (κ3) is 3.56. The van der Waals surface area contributed by atoms with Gasteiger partial charge >= 0.3 is 11.8 Å². The molecule has 0 saturated carbocycles. The van der Waals surface area contributed by atoms with Crippen molar-refractivity contribution in [1.82, 2.24) is 10.2 Å². The number of likely N-dealkylation sites (N-methyl/N-ethyl adjacent to an activating group) is 1. The average Bonchev–Trinajstić information content (AvgIpc) is 2.67. The molecule has 1 aliphatic rings. The van der Waals surface area contributed by atoms with Gasteiger partial charge in [-0.05, 0) is 13.3 Å². The molecular formula is C11H18N2O4S. The monoisotopic (exact) mass is 274 g/mol. The van der Waals surface area contributed by atoms with Gasteiger partial charge in [0.25, 0.3) is 0 Å². The molecule has 7 heteroatoms. The third-order valence-corrected chi connectivity index (χ3v) is 4.60. The SMILES string of the molecule is C=CCNC(=O)C(=O)N(CC)C1CCS(=O)(=O)C1. The predicted octanol–water partition coefficient (Wildman–Crippen LogP) is -0.676. The van der Waals surface area contributed by atoms with Crippen LogP contribution in [0.3, 0.4) is 0 Å². The van der Waals surface area contributed by atoms with Gasteiger partial charge in [-0.1, -0.05) is 6.08 Å². The summed E-state index contributed by atoms with van der Waals surface area (Å²) in [6.45, 7) is 5.69. The van der Waals surface area contributed by atoms with Crippen LogP contribution >= 0.6 is 0 Å². The highest BCUT2D eigenvalue weighted by Gasteiger charge is 2.35. The Morgan fingerprint density at radius 2 is 2.17 bits per heavy atom. The molecule has 102 valence electrons. The molecule has 1 fully saturated rings. The van der Waals surface area contributed by atoms with Gasteiger partial charge in [-0.2, -0.15) is 0 Å². The van der Waals surface area contributed by atoms with E-state index in [1.54, 1.807) is 6.92 Å². The van der Waals surface area contributed by atoms with Crippen molar-refractivity contribution in [2.75, 3.05) is 24.6 Å². The highest BCUT2D eigenvalue weighted by Crippen LogP contribution is 2.17. The summed E-state index contributed by atoms with van der Waals surface area (Å²) in [7, 11) is -3.07. The highest BCUT2D eigenvalue weighted by molar-refractivity contribution is 7.91. The summed E-state index contributed by atoms with van der Waals surface area (Å²) in [5.74, 6) is -1.38. The van der Waals surface area contributed by atoms with Crippen LogP contribution in [0.1, 0.15) is 13.3 Å². The maximum Gasteiger partial charge on any atom is 0.312 e. The molecule has 1 unspecified atom stereocenters. The standard InChI is InChI=1S/C11H18N2O4S/c1-3-6-12-10(14)11(15)13(4-2)9-5-7-18(16,17)8-9/h3,9H,1,4-8H2,2H3,(H,12,14). The maximum absolute atomic E-state index is 11.9. The zero-order valence-corrected chi connectivity index (χ0v) is 11.2. The Labute approximate surface area is 107 Å². The minimum absolute atomic E-state index is 0.0542. The molecule has 1 heterocycles. The average molecular weight is 274 g/mol. The van der Waals surface area contributed by atoms with Gasteiger partial charge in [-0.15, -0.1) is 6.58 Å². The first kappa shape index (κ1) is 14.7. The Hall–Kier alpha value is -1.37. The second-order valence-electron chi connectivity index (χ2n) is 4.15. The van der Waals surface area contributed by atoms with Crippen LogP contribution in [-0.4, -0.2) is 55.8 Å². The van der Waals surface area contributed by atoms with Crippen LogP contribution in [0.15, 0.2) is 12.7 Å². The van der Waals surface area contributed by atoms with Crippen molar-refractivity contribution in [2.24, 2.45) is 0 Å². The van der Waals surface area contributed by atoms with E-state index >= 15 is 0 Å². The zero-order valence-electron chi connectivity index (χ0n) is 10.4. The smallest absolute Gasteiger partial charge is 0.312 e. The number of nitrogens with zero attached hydrogens (tertiary/aromatic N) is 1. The molecule has 1 atom stereocenters. The van der Waals surface area contributed by atoms with E-state index in [1.165, 1.54) is 11.0 Å². The molecule has 0 radical (unpaired) electrons. The van der Waals surface area contributed by atoms with Crippen molar-refractivity contribution in [2.45, 2.75) is 19.4 Å². The molecule has 18 heavy (non-hydrogen) atoms. The van der Waals surface area contributed by atoms with Crippen molar-refractivity contribution < 1.29 is 18.0 Å². The number of hydrogen-bond acceptors (Lipinski definition) is 4. The lowest BCUT2D eigenvalue weighted by atomic mass is 10.2. The molecule has 0 bridgehead atoms. The first-order valence-corrected chi connectivity index (χ1v) is 7.63. The predicted molar refractivity (Wildman–Crippen MR) is 67.7 cm³/mol. The summed E-state index contributed by atoms with van der Waals surface area (Å²) >= 11 is 0. The van der Waals surface area contributed by atoms with Gasteiger partial charge in [0.15, 0.2) is 9.84 Å². The van der Waals surface area contributed by atoms with E-state index in [9.17, 15) is 18.0 Å². The number of hydrogen-bond donors (Lipinski definition) is 1. The fourth-order valence-electron chi connectivity index (χ4n) is 1.96. The Bertz CT molecular complexity index is 444. The number of carbonyl (C=O) groups excluding carboxylic acids is 2. The molecular weight excluding hydrogens is 256 g/mol. The number of rotatable bonds is 4. The van der Waals surface area contributed by atoms with Gasteiger partial charge < -0.3 is 10.2 Å². The number of sulfone groups is 1. The molecule has 1 aliphatic heterocycles. The molecule has 6 nitrogen and oxygen atoms in total. The minimum atomic E-state index is -3.07. The van der Waals surface area contributed by atoms with Gasteiger partial charge in [0, 0.05) is 19.1 Å². The number of amides is 2. The summed E-state index contributed by atoms with van der Waals surface area (Å²) in [6, 6.07) is -0.387. The summed E-state index contributed by atoms with van der Waals surface area (Å²) in [5, 5.41) is 2.39. The van der Waals surface area contributed by atoms with Crippen molar-refractivity contribution in [1.29, 1.82) is 0 Å². The van der Waals surface area contributed by atoms with Crippen LogP contribution in [0.2, 0.25) is 0 Å². The van der Waals surface area contributed by atoms with E-state index in [0.29, 0.717) is 13.0 Å². The summed E-state index contributed by atoms with van der Waals surface area (Å²) < 4.78 is 22.7. The fraction of sp³-hybridized carbons (Fsp3) is 0.636. The molecule has 1 rings (SSSR count). The van der Waals surface area contributed by atoms with Crippen LogP contribution in [0.25, 0.3) is 0 Å². The van der Waals surface area contributed by atoms with Gasteiger partial charge in [0.2, 0.25) is 0 Å². The molecule has 2 amide bonds. The van der Waals surface area contributed by atoms with Crippen molar-refractivity contribution >= 4 is 21.7 Å². The molecule has 0 aromatic rings. The highest BCUT2D eigenvalue weighted by atomic mass is 32.2. The first-order chi connectivity index (χ1) is 8.41. The Morgan fingerprint density at radius 3 is 2.61 bits per heavy atom. The summed E-state index contributed by atoms with van der Waals surface area (Å²) in [5.41, 5.74) is 0. The van der Waals surface area contributed by atoms with Gasteiger partial charge in [0.1, 0.15) is 0 Å². The molecule has 0 aromatic carbocycles. The fourth-order valence-corrected chi connectivity index (χ4v) is 3.69. The topological polar surface area (TPSA) is 83.6 Å². The van der Waals surface area contributed by atoms with Crippen LogP contribution in [0, 0.1) is 0 Å². The van der Waals surface area contributed by atoms with E-state index in [0.717, 1.165) is 0 Å². The number of carbonyl (C=O) groups is 2. The Kier molecular flexibility index (Phi) is 4.89. The third-order valence-electron chi connectivity index (χ3n) is 2.85. The lowest BCUT2D eigenvalue weighted by Crippen LogP contribution is -2.48. The second-order valence-corrected chi connectivity index (χ2v) is 6.38. The number of nitrogens with one attached hydrogen (secondary N) is 1. The van der Waals surface area contributed by atoms with Crippen molar-refractivity contribution in [3.8, 4) is 0 Å². The lowest BCUT2D eigenvalue weighted by molar-refractivity contribution is -0.146. The van der Waals surface area contributed by atoms with Crippen LogP contribution in [0.5, 0.6) is 0 Å². The van der Waals surface area contributed by atoms with Gasteiger partial charge in [0.05, 0.1) is 11.5 Å².